The summed E-state index contributed by atoms with van der Waals surface area (Å²) in [4.78, 5) is 0. The third kappa shape index (κ3) is 3.87. The van der Waals surface area contributed by atoms with E-state index in [1.165, 1.54) is 0 Å². The molecule has 17 heavy (non-hydrogen) atoms. The first-order valence-electron chi connectivity index (χ1n) is 5.88. The zero-order chi connectivity index (χ0) is 12.1. The Labute approximate surface area is 107 Å². The molecule has 1 aromatic rings. The molecule has 1 saturated heterocycles. The van der Waals surface area contributed by atoms with E-state index >= 15 is 0 Å². The third-order valence-corrected chi connectivity index (χ3v) is 3.07. The van der Waals surface area contributed by atoms with Crippen LogP contribution >= 0.6 is 11.6 Å². The van der Waals surface area contributed by atoms with Gasteiger partial charge in [-0.2, -0.15) is 0 Å². The van der Waals surface area contributed by atoms with Crippen LogP contribution in [-0.4, -0.2) is 26.1 Å². The van der Waals surface area contributed by atoms with Crippen molar-refractivity contribution in [1.29, 1.82) is 0 Å². The van der Waals surface area contributed by atoms with Gasteiger partial charge in [0.1, 0.15) is 5.75 Å². The second kappa shape index (κ2) is 6.24. The summed E-state index contributed by atoms with van der Waals surface area (Å²) in [7, 11) is 0. The van der Waals surface area contributed by atoms with Gasteiger partial charge in [0, 0.05) is 11.4 Å². The first-order valence-corrected chi connectivity index (χ1v) is 6.25. The number of benzene rings is 1. The Hall–Kier alpha value is -0.770. The van der Waals surface area contributed by atoms with Gasteiger partial charge >= 0.3 is 0 Å². The summed E-state index contributed by atoms with van der Waals surface area (Å²) in [6.45, 7) is 4.11. The van der Waals surface area contributed by atoms with Crippen molar-refractivity contribution in [2.45, 2.75) is 26.1 Å². The van der Waals surface area contributed by atoms with Gasteiger partial charge in [0.15, 0.2) is 6.29 Å². The lowest BCUT2D eigenvalue weighted by molar-refractivity contribution is -0.183. The van der Waals surface area contributed by atoms with Gasteiger partial charge in [-0.3, -0.25) is 0 Å². The highest BCUT2D eigenvalue weighted by Crippen LogP contribution is 2.21. The Morgan fingerprint density at radius 2 is 2.12 bits per heavy atom. The average molecular weight is 257 g/mol. The molecule has 0 N–H and O–H groups in total. The maximum atomic E-state index is 5.94. The molecule has 94 valence electrons. The van der Waals surface area contributed by atoms with E-state index in [1.807, 2.05) is 25.1 Å². The van der Waals surface area contributed by atoms with E-state index in [1.54, 1.807) is 0 Å². The van der Waals surface area contributed by atoms with Crippen LogP contribution < -0.4 is 4.74 Å². The molecule has 0 amide bonds. The van der Waals surface area contributed by atoms with Gasteiger partial charge in [0.2, 0.25) is 0 Å². The zero-order valence-electron chi connectivity index (χ0n) is 9.95. The minimum absolute atomic E-state index is 0.114. The molecule has 0 bridgehead atoms. The van der Waals surface area contributed by atoms with Crippen LogP contribution in [0.1, 0.15) is 18.4 Å². The minimum atomic E-state index is -0.114. The normalized spacial score (nSPS) is 17.1. The number of halogens is 1. The summed E-state index contributed by atoms with van der Waals surface area (Å²) in [5.74, 6) is 0.836. The Balaban J connectivity index is 1.75. The molecule has 0 spiro atoms. The summed E-state index contributed by atoms with van der Waals surface area (Å²) in [5, 5.41) is 0.760. The Bertz CT molecular complexity index is 362. The maximum absolute atomic E-state index is 5.94. The fourth-order valence-electron chi connectivity index (χ4n) is 1.68. The summed E-state index contributed by atoms with van der Waals surface area (Å²) >= 11 is 5.94. The largest absolute Gasteiger partial charge is 0.493 e. The maximum Gasteiger partial charge on any atom is 0.160 e. The standard InChI is InChI=1S/C13H17ClO3/c1-10-9-11(3-4-12(10)14)15-8-5-13-16-6-2-7-17-13/h3-4,9,13H,2,5-8H2,1H3. The first kappa shape index (κ1) is 12.7. The van der Waals surface area contributed by atoms with Crippen LogP contribution in [0.15, 0.2) is 18.2 Å². The number of ether oxygens (including phenoxy) is 3. The summed E-state index contributed by atoms with van der Waals surface area (Å²) in [5.41, 5.74) is 1.02. The SMILES string of the molecule is Cc1cc(OCCC2OCCCO2)ccc1Cl. The van der Waals surface area contributed by atoms with Crippen LogP contribution in [0.4, 0.5) is 0 Å². The fourth-order valence-corrected chi connectivity index (χ4v) is 1.80. The van der Waals surface area contributed by atoms with Crippen LogP contribution in [0.5, 0.6) is 5.75 Å². The van der Waals surface area contributed by atoms with Crippen molar-refractivity contribution >= 4 is 11.6 Å². The molecular formula is C13H17ClO3. The highest BCUT2D eigenvalue weighted by Gasteiger charge is 2.13. The lowest BCUT2D eigenvalue weighted by Gasteiger charge is -2.23. The number of hydrogen-bond donors (Lipinski definition) is 0. The van der Waals surface area contributed by atoms with Crippen LogP contribution in [0.3, 0.4) is 0 Å². The van der Waals surface area contributed by atoms with E-state index < -0.39 is 0 Å². The molecule has 2 rings (SSSR count). The molecule has 1 aliphatic rings. The first-order chi connectivity index (χ1) is 8.25. The number of hydrogen-bond acceptors (Lipinski definition) is 3. The van der Waals surface area contributed by atoms with Crippen molar-refractivity contribution in [2.75, 3.05) is 19.8 Å². The van der Waals surface area contributed by atoms with E-state index in [0.717, 1.165) is 42.4 Å². The summed E-state index contributed by atoms with van der Waals surface area (Å²) in [6.07, 6.45) is 1.62. The molecule has 0 aliphatic carbocycles. The summed E-state index contributed by atoms with van der Waals surface area (Å²) < 4.78 is 16.5. The molecule has 0 radical (unpaired) electrons. The molecule has 1 heterocycles. The van der Waals surface area contributed by atoms with Crippen molar-refractivity contribution in [3.05, 3.63) is 28.8 Å². The van der Waals surface area contributed by atoms with E-state index in [9.17, 15) is 0 Å². The monoisotopic (exact) mass is 256 g/mol. The second-order valence-corrected chi connectivity index (χ2v) is 4.48. The van der Waals surface area contributed by atoms with E-state index in [4.69, 9.17) is 25.8 Å². The highest BCUT2D eigenvalue weighted by atomic mass is 35.5. The van der Waals surface area contributed by atoms with Crippen LogP contribution in [-0.2, 0) is 9.47 Å². The quantitative estimate of drug-likeness (QED) is 0.828. The average Bonchev–Trinajstić information content (AvgIpc) is 2.35. The molecule has 4 heteroatoms. The molecule has 0 saturated carbocycles. The Morgan fingerprint density at radius 1 is 1.35 bits per heavy atom. The molecule has 0 unspecified atom stereocenters. The van der Waals surface area contributed by atoms with Gasteiger partial charge in [0.05, 0.1) is 19.8 Å². The number of rotatable bonds is 4. The van der Waals surface area contributed by atoms with Crippen molar-refractivity contribution in [3.8, 4) is 5.75 Å². The third-order valence-electron chi connectivity index (χ3n) is 2.65. The van der Waals surface area contributed by atoms with E-state index in [0.29, 0.717) is 6.61 Å². The Kier molecular flexibility index (Phi) is 4.66. The van der Waals surface area contributed by atoms with Gasteiger partial charge in [-0.15, -0.1) is 0 Å². The highest BCUT2D eigenvalue weighted by molar-refractivity contribution is 6.31. The van der Waals surface area contributed by atoms with Crippen molar-refractivity contribution in [3.63, 3.8) is 0 Å². The Morgan fingerprint density at radius 3 is 2.82 bits per heavy atom. The van der Waals surface area contributed by atoms with Gasteiger partial charge in [-0.25, -0.2) is 0 Å². The topological polar surface area (TPSA) is 27.7 Å². The molecule has 1 aromatic carbocycles. The molecule has 3 nitrogen and oxygen atoms in total. The minimum Gasteiger partial charge on any atom is -0.493 e. The second-order valence-electron chi connectivity index (χ2n) is 4.07. The molecule has 1 fully saturated rings. The molecule has 0 atom stereocenters. The smallest absolute Gasteiger partial charge is 0.160 e. The van der Waals surface area contributed by atoms with Gasteiger partial charge < -0.3 is 14.2 Å². The summed E-state index contributed by atoms with van der Waals surface area (Å²) in [6, 6.07) is 5.66. The number of aryl methyl sites for hydroxylation is 1. The van der Waals surface area contributed by atoms with Gasteiger partial charge in [0.25, 0.3) is 0 Å². The van der Waals surface area contributed by atoms with Gasteiger partial charge in [-0.1, -0.05) is 11.6 Å². The zero-order valence-corrected chi connectivity index (χ0v) is 10.7. The van der Waals surface area contributed by atoms with Crippen LogP contribution in [0.2, 0.25) is 5.02 Å². The van der Waals surface area contributed by atoms with Gasteiger partial charge in [-0.05, 0) is 37.1 Å². The van der Waals surface area contributed by atoms with Crippen molar-refractivity contribution in [2.24, 2.45) is 0 Å². The van der Waals surface area contributed by atoms with Crippen molar-refractivity contribution in [1.82, 2.24) is 0 Å². The molecular weight excluding hydrogens is 240 g/mol. The predicted octanol–water partition coefficient (Wildman–Crippen LogP) is 3.18. The lowest BCUT2D eigenvalue weighted by Crippen LogP contribution is -2.26. The van der Waals surface area contributed by atoms with E-state index in [2.05, 4.69) is 0 Å². The predicted molar refractivity (Wildman–Crippen MR) is 66.6 cm³/mol. The molecule has 0 aromatic heterocycles. The van der Waals surface area contributed by atoms with Crippen LogP contribution in [0, 0.1) is 6.92 Å². The van der Waals surface area contributed by atoms with Crippen LogP contribution in [0.25, 0.3) is 0 Å². The van der Waals surface area contributed by atoms with E-state index in [-0.39, 0.29) is 6.29 Å². The molecule has 1 aliphatic heterocycles. The lowest BCUT2D eigenvalue weighted by atomic mass is 10.2. The van der Waals surface area contributed by atoms with Crippen molar-refractivity contribution < 1.29 is 14.2 Å². The fraction of sp³-hybridized carbons (Fsp3) is 0.538.